The fraction of sp³-hybridized carbons (Fsp3) is 0.227. The van der Waals surface area contributed by atoms with Crippen LogP contribution in [0, 0.1) is 0 Å². The quantitative estimate of drug-likeness (QED) is 0.473. The number of benzene rings is 3. The summed E-state index contributed by atoms with van der Waals surface area (Å²) < 4.78 is 28.0. The smallest absolute Gasteiger partial charge is 0.204 e. The Hall–Kier alpha value is -3.41. The molecule has 144 valence electrons. The summed E-state index contributed by atoms with van der Waals surface area (Å²) in [5, 5.41) is 4.75. The van der Waals surface area contributed by atoms with Crippen LogP contribution in [-0.2, 0) is 0 Å². The lowest BCUT2D eigenvalue weighted by Gasteiger charge is -2.18. The summed E-state index contributed by atoms with van der Waals surface area (Å²) in [7, 11) is 8.07. The average molecular weight is 379 g/mol. The van der Waals surface area contributed by atoms with Crippen LogP contribution in [0.25, 0.3) is 32.4 Å². The van der Waals surface area contributed by atoms with Gasteiger partial charge in [-0.05, 0) is 40.4 Å². The Labute approximate surface area is 162 Å². The molecule has 4 aromatic rings. The van der Waals surface area contributed by atoms with Gasteiger partial charge in [-0.3, -0.25) is 4.98 Å². The van der Waals surface area contributed by atoms with Gasteiger partial charge in [-0.2, -0.15) is 0 Å². The Balaban J connectivity index is 2.34. The van der Waals surface area contributed by atoms with E-state index in [1.54, 1.807) is 41.7 Å². The van der Waals surface area contributed by atoms with Crippen LogP contribution < -0.4 is 23.7 Å². The molecule has 4 rings (SSSR count). The van der Waals surface area contributed by atoms with Crippen LogP contribution >= 0.6 is 0 Å². The molecule has 28 heavy (non-hydrogen) atoms. The standard InChI is InChI=1S/C22H21NO5/c1-24-16-9-13-12-7-6-8-23-20(12)19-15(14(13)10-17(16)25-2)11-18(26-3)21(27-4)22(19)28-5/h6-11H,1-5H3. The number of pyridine rings is 1. The summed E-state index contributed by atoms with van der Waals surface area (Å²) in [5.74, 6) is 3.00. The Morgan fingerprint density at radius 1 is 0.607 bits per heavy atom. The predicted octanol–water partition coefficient (Wildman–Crippen LogP) is 4.58. The van der Waals surface area contributed by atoms with Crippen LogP contribution in [0.15, 0.2) is 36.5 Å². The molecular weight excluding hydrogens is 358 g/mol. The van der Waals surface area contributed by atoms with Gasteiger partial charge in [-0.15, -0.1) is 0 Å². The van der Waals surface area contributed by atoms with Crippen LogP contribution in [-0.4, -0.2) is 40.5 Å². The Kier molecular flexibility index (Phi) is 4.47. The second-order valence-corrected chi connectivity index (χ2v) is 6.22. The second-order valence-electron chi connectivity index (χ2n) is 6.22. The molecule has 0 aliphatic heterocycles. The number of methoxy groups -OCH3 is 5. The lowest BCUT2D eigenvalue weighted by Crippen LogP contribution is -1.98. The van der Waals surface area contributed by atoms with Crippen molar-refractivity contribution in [3.05, 3.63) is 36.5 Å². The van der Waals surface area contributed by atoms with Gasteiger partial charge in [0.25, 0.3) is 0 Å². The maximum Gasteiger partial charge on any atom is 0.204 e. The molecule has 0 saturated carbocycles. The zero-order valence-corrected chi connectivity index (χ0v) is 16.5. The van der Waals surface area contributed by atoms with E-state index in [1.807, 2.05) is 30.3 Å². The number of fused-ring (bicyclic) bond motifs is 6. The first-order chi connectivity index (χ1) is 13.7. The van der Waals surface area contributed by atoms with Gasteiger partial charge in [0.1, 0.15) is 0 Å². The van der Waals surface area contributed by atoms with Crippen molar-refractivity contribution in [2.75, 3.05) is 35.5 Å². The summed E-state index contributed by atoms with van der Waals surface area (Å²) in [6.07, 6.45) is 1.77. The first kappa shape index (κ1) is 18.0. The van der Waals surface area contributed by atoms with Crippen molar-refractivity contribution in [2.24, 2.45) is 0 Å². The third-order valence-corrected chi connectivity index (χ3v) is 4.98. The molecule has 0 bridgehead atoms. The van der Waals surface area contributed by atoms with Gasteiger partial charge in [0.15, 0.2) is 23.0 Å². The van der Waals surface area contributed by atoms with Gasteiger partial charge in [0.05, 0.1) is 46.5 Å². The minimum Gasteiger partial charge on any atom is -0.493 e. The normalized spacial score (nSPS) is 11.0. The van der Waals surface area contributed by atoms with Crippen molar-refractivity contribution in [2.45, 2.75) is 0 Å². The molecule has 1 heterocycles. The molecule has 0 spiro atoms. The highest BCUT2D eigenvalue weighted by molar-refractivity contribution is 6.27. The summed E-state index contributed by atoms with van der Waals surface area (Å²) in [5.41, 5.74) is 0.815. The van der Waals surface area contributed by atoms with E-state index >= 15 is 0 Å². The highest BCUT2D eigenvalue weighted by Crippen LogP contribution is 2.49. The summed E-state index contributed by atoms with van der Waals surface area (Å²) >= 11 is 0. The van der Waals surface area contributed by atoms with E-state index < -0.39 is 0 Å². The Morgan fingerprint density at radius 3 is 1.75 bits per heavy atom. The number of rotatable bonds is 5. The van der Waals surface area contributed by atoms with Crippen LogP contribution in [0.4, 0.5) is 0 Å². The van der Waals surface area contributed by atoms with Gasteiger partial charge in [-0.25, -0.2) is 0 Å². The van der Waals surface area contributed by atoms with Crippen molar-refractivity contribution in [1.82, 2.24) is 4.98 Å². The molecule has 6 heteroatoms. The molecular formula is C22H21NO5. The molecule has 0 fully saturated rings. The Bertz CT molecular complexity index is 1200. The number of hydrogen-bond acceptors (Lipinski definition) is 6. The van der Waals surface area contributed by atoms with Crippen molar-refractivity contribution >= 4 is 32.4 Å². The largest absolute Gasteiger partial charge is 0.493 e. The lowest BCUT2D eigenvalue weighted by atomic mass is 9.95. The zero-order valence-electron chi connectivity index (χ0n) is 16.5. The molecule has 0 amide bonds. The Morgan fingerprint density at radius 2 is 1.18 bits per heavy atom. The number of aromatic nitrogens is 1. The van der Waals surface area contributed by atoms with Crippen LogP contribution in [0.1, 0.15) is 0 Å². The fourth-order valence-corrected chi connectivity index (χ4v) is 3.75. The maximum absolute atomic E-state index is 5.75. The van der Waals surface area contributed by atoms with Gasteiger partial charge >= 0.3 is 0 Å². The van der Waals surface area contributed by atoms with Crippen LogP contribution in [0.5, 0.6) is 28.7 Å². The SMILES string of the molecule is COc1cc2c(cc1OC)c1cc(OC)c(OC)c(OC)c1c1ncccc21. The minimum atomic E-state index is 0.532. The van der Waals surface area contributed by atoms with E-state index in [-0.39, 0.29) is 0 Å². The molecule has 0 radical (unpaired) electrons. The summed E-state index contributed by atoms with van der Waals surface area (Å²) in [6, 6.07) is 9.83. The number of ether oxygens (including phenoxy) is 5. The van der Waals surface area contributed by atoms with Gasteiger partial charge in [-0.1, -0.05) is 6.07 Å². The lowest BCUT2D eigenvalue weighted by molar-refractivity contribution is 0.327. The minimum absolute atomic E-state index is 0.532. The predicted molar refractivity (Wildman–Crippen MR) is 110 cm³/mol. The van der Waals surface area contributed by atoms with Crippen molar-refractivity contribution < 1.29 is 23.7 Å². The van der Waals surface area contributed by atoms with Crippen LogP contribution in [0.2, 0.25) is 0 Å². The van der Waals surface area contributed by atoms with E-state index in [2.05, 4.69) is 4.98 Å². The molecule has 0 aliphatic rings. The molecule has 1 aromatic heterocycles. The average Bonchev–Trinajstić information content (AvgIpc) is 2.76. The maximum atomic E-state index is 5.75. The van der Waals surface area contributed by atoms with Crippen molar-refractivity contribution in [3.8, 4) is 28.7 Å². The first-order valence-electron chi connectivity index (χ1n) is 8.73. The summed E-state index contributed by atoms with van der Waals surface area (Å²) in [4.78, 5) is 4.65. The van der Waals surface area contributed by atoms with Gasteiger partial charge in [0, 0.05) is 11.6 Å². The van der Waals surface area contributed by atoms with E-state index in [9.17, 15) is 0 Å². The number of hydrogen-bond donors (Lipinski definition) is 0. The zero-order chi connectivity index (χ0) is 19.8. The highest BCUT2D eigenvalue weighted by Gasteiger charge is 2.22. The van der Waals surface area contributed by atoms with Crippen molar-refractivity contribution in [3.63, 3.8) is 0 Å². The molecule has 0 unspecified atom stereocenters. The monoisotopic (exact) mass is 379 g/mol. The first-order valence-corrected chi connectivity index (χ1v) is 8.73. The molecule has 0 N–H and O–H groups in total. The molecule has 0 saturated heterocycles. The number of nitrogens with zero attached hydrogens (tertiary/aromatic N) is 1. The topological polar surface area (TPSA) is 59.0 Å². The molecule has 6 nitrogen and oxygen atoms in total. The second kappa shape index (κ2) is 6.96. The van der Waals surface area contributed by atoms with Gasteiger partial charge < -0.3 is 23.7 Å². The van der Waals surface area contributed by atoms with Crippen LogP contribution in [0.3, 0.4) is 0 Å². The van der Waals surface area contributed by atoms with E-state index in [1.165, 1.54) is 0 Å². The van der Waals surface area contributed by atoms with Gasteiger partial charge in [0.2, 0.25) is 5.75 Å². The highest BCUT2D eigenvalue weighted by atomic mass is 16.5. The fourth-order valence-electron chi connectivity index (χ4n) is 3.75. The van der Waals surface area contributed by atoms with E-state index in [0.717, 1.165) is 32.4 Å². The third kappa shape index (κ3) is 2.45. The summed E-state index contributed by atoms with van der Waals surface area (Å²) in [6.45, 7) is 0. The molecule has 3 aromatic carbocycles. The molecule has 0 aliphatic carbocycles. The third-order valence-electron chi connectivity index (χ3n) is 4.98. The van der Waals surface area contributed by atoms with E-state index in [4.69, 9.17) is 23.7 Å². The van der Waals surface area contributed by atoms with Crippen molar-refractivity contribution in [1.29, 1.82) is 0 Å². The van der Waals surface area contributed by atoms with E-state index in [0.29, 0.717) is 28.7 Å². The molecule has 0 atom stereocenters.